The van der Waals surface area contributed by atoms with Crippen LogP contribution in [0.4, 0.5) is 0 Å². The smallest absolute Gasteiger partial charge is 0.326 e. The molecule has 324 valence electrons. The Kier molecular flexibility index (Phi) is 34.5. The third-order valence-electron chi connectivity index (χ3n) is 10.5. The SMILES string of the molecule is CCCCCCCCC=CCCCCCCCC(=O)OC(CCCCCCCC=CCCCCCCCC)CC(=O)NCC(=O)N[C@@H](Cc1ccccc1)C(=O)O. The van der Waals surface area contributed by atoms with Gasteiger partial charge in [0.1, 0.15) is 12.1 Å². The molecule has 0 fully saturated rings. The van der Waals surface area contributed by atoms with E-state index in [-0.39, 0.29) is 25.4 Å². The van der Waals surface area contributed by atoms with Crippen molar-refractivity contribution < 1.29 is 29.0 Å². The number of amides is 2. The van der Waals surface area contributed by atoms with Crippen LogP contribution < -0.4 is 10.6 Å². The molecule has 0 heterocycles. The highest BCUT2D eigenvalue weighted by Gasteiger charge is 2.22. The van der Waals surface area contributed by atoms with E-state index in [4.69, 9.17) is 4.74 Å². The van der Waals surface area contributed by atoms with E-state index in [9.17, 15) is 24.3 Å². The number of esters is 1. The van der Waals surface area contributed by atoms with E-state index >= 15 is 0 Å². The van der Waals surface area contributed by atoms with Crippen LogP contribution in [0.2, 0.25) is 0 Å². The zero-order valence-electron chi connectivity index (χ0n) is 36.3. The predicted molar refractivity (Wildman–Crippen MR) is 236 cm³/mol. The Hall–Kier alpha value is -3.42. The van der Waals surface area contributed by atoms with Crippen molar-refractivity contribution in [3.8, 4) is 0 Å². The van der Waals surface area contributed by atoms with Gasteiger partial charge >= 0.3 is 11.9 Å². The van der Waals surface area contributed by atoms with Crippen LogP contribution in [0.3, 0.4) is 0 Å². The normalized spacial score (nSPS) is 12.5. The third kappa shape index (κ3) is 33.3. The van der Waals surface area contributed by atoms with Crippen molar-refractivity contribution in [1.82, 2.24) is 10.6 Å². The lowest BCUT2D eigenvalue weighted by molar-refractivity contribution is -0.151. The number of rotatable bonds is 39. The summed E-state index contributed by atoms with van der Waals surface area (Å²) in [6.07, 6.45) is 40.8. The topological polar surface area (TPSA) is 122 Å². The number of aliphatic carboxylic acids is 1. The lowest BCUT2D eigenvalue weighted by Gasteiger charge is -2.18. The van der Waals surface area contributed by atoms with Gasteiger partial charge in [0.25, 0.3) is 0 Å². The molecule has 1 aromatic carbocycles. The van der Waals surface area contributed by atoms with Crippen LogP contribution in [0, 0.1) is 0 Å². The number of carbonyl (C=O) groups is 4. The molecule has 0 saturated carbocycles. The second kappa shape index (κ2) is 38.1. The maximum Gasteiger partial charge on any atom is 0.326 e. The fourth-order valence-corrected chi connectivity index (χ4v) is 6.98. The molecule has 2 amide bonds. The Labute approximate surface area is 347 Å². The van der Waals surface area contributed by atoms with Crippen molar-refractivity contribution >= 4 is 23.8 Å². The molecule has 1 unspecified atom stereocenters. The lowest BCUT2D eigenvalue weighted by Crippen LogP contribution is -2.46. The second-order valence-electron chi connectivity index (χ2n) is 15.9. The highest BCUT2D eigenvalue weighted by atomic mass is 16.5. The minimum absolute atomic E-state index is 0.0266. The van der Waals surface area contributed by atoms with Crippen molar-refractivity contribution in [2.45, 2.75) is 219 Å². The maximum absolute atomic E-state index is 12.9. The van der Waals surface area contributed by atoms with Crippen LogP contribution in [-0.4, -0.2) is 47.6 Å². The van der Waals surface area contributed by atoms with Gasteiger partial charge in [-0.1, -0.05) is 171 Å². The Morgan fingerprint density at radius 3 is 1.54 bits per heavy atom. The zero-order valence-corrected chi connectivity index (χ0v) is 36.3. The Bertz CT molecular complexity index is 1200. The van der Waals surface area contributed by atoms with Crippen LogP contribution in [-0.2, 0) is 30.3 Å². The van der Waals surface area contributed by atoms with Crippen LogP contribution in [0.15, 0.2) is 54.6 Å². The number of hydrogen-bond acceptors (Lipinski definition) is 5. The summed E-state index contributed by atoms with van der Waals surface area (Å²) in [4.78, 5) is 50.1. The summed E-state index contributed by atoms with van der Waals surface area (Å²) >= 11 is 0. The van der Waals surface area contributed by atoms with Gasteiger partial charge in [-0.2, -0.15) is 0 Å². The molecular weight excluding hydrogens is 713 g/mol. The lowest BCUT2D eigenvalue weighted by atomic mass is 10.0. The van der Waals surface area contributed by atoms with E-state index < -0.39 is 29.9 Å². The van der Waals surface area contributed by atoms with E-state index in [1.807, 2.05) is 18.2 Å². The molecule has 0 saturated heterocycles. The van der Waals surface area contributed by atoms with Gasteiger partial charge < -0.3 is 20.5 Å². The highest BCUT2D eigenvalue weighted by Crippen LogP contribution is 2.16. The molecule has 3 N–H and O–H groups in total. The van der Waals surface area contributed by atoms with E-state index in [1.165, 1.54) is 103 Å². The summed E-state index contributed by atoms with van der Waals surface area (Å²) in [7, 11) is 0. The first-order valence-corrected chi connectivity index (χ1v) is 23.2. The molecule has 57 heavy (non-hydrogen) atoms. The summed E-state index contributed by atoms with van der Waals surface area (Å²) < 4.78 is 5.83. The summed E-state index contributed by atoms with van der Waals surface area (Å²) in [5.74, 6) is -2.40. The van der Waals surface area contributed by atoms with Crippen molar-refractivity contribution in [3.05, 3.63) is 60.2 Å². The summed E-state index contributed by atoms with van der Waals surface area (Å²) in [6.45, 7) is 4.16. The van der Waals surface area contributed by atoms with Crippen molar-refractivity contribution in [3.63, 3.8) is 0 Å². The fraction of sp³-hybridized carbons (Fsp3) is 0.714. The minimum Gasteiger partial charge on any atom is -0.480 e. The third-order valence-corrected chi connectivity index (χ3v) is 10.5. The molecule has 0 spiro atoms. The molecule has 0 aromatic heterocycles. The largest absolute Gasteiger partial charge is 0.480 e. The van der Waals surface area contributed by atoms with Crippen LogP contribution in [0.1, 0.15) is 206 Å². The van der Waals surface area contributed by atoms with Gasteiger partial charge in [0.15, 0.2) is 0 Å². The number of ether oxygens (including phenoxy) is 1. The van der Waals surface area contributed by atoms with Crippen LogP contribution >= 0.6 is 0 Å². The second-order valence-corrected chi connectivity index (χ2v) is 15.9. The standard InChI is InChI=1S/C49H82N2O6/c1-3-5-7-9-11-13-15-17-19-21-23-25-27-29-34-38-44(41-46(52)50-42-47(53)51-45(49(55)56)40-43-36-32-31-33-37-43)57-48(54)39-35-30-28-26-24-22-20-18-16-14-12-10-8-6-4-2/h17-20,31-33,36-37,44-45H,3-16,21-30,34-35,38-42H2,1-2H3,(H,50,52)(H,51,53)(H,55,56)/t44?,45-/m0/s1. The van der Waals surface area contributed by atoms with E-state index in [0.29, 0.717) is 12.8 Å². The van der Waals surface area contributed by atoms with Gasteiger partial charge in [0, 0.05) is 12.8 Å². The minimum atomic E-state index is -1.14. The number of benzene rings is 1. The van der Waals surface area contributed by atoms with Gasteiger partial charge in [-0.15, -0.1) is 0 Å². The number of nitrogens with one attached hydrogen (secondary N) is 2. The number of carboxylic acid groups (broad SMARTS) is 1. The maximum atomic E-state index is 12.9. The summed E-state index contributed by atoms with van der Waals surface area (Å²) in [5, 5.41) is 14.7. The molecule has 0 aliphatic heterocycles. The van der Waals surface area contributed by atoms with Crippen molar-refractivity contribution in [2.75, 3.05) is 6.54 Å². The van der Waals surface area contributed by atoms with Crippen LogP contribution in [0.5, 0.6) is 0 Å². The van der Waals surface area contributed by atoms with E-state index in [2.05, 4.69) is 48.8 Å². The molecular formula is C49H82N2O6. The quantitative estimate of drug-likeness (QED) is 0.0346. The van der Waals surface area contributed by atoms with Crippen LogP contribution in [0.25, 0.3) is 0 Å². The Morgan fingerprint density at radius 1 is 0.596 bits per heavy atom. The molecule has 1 rings (SSSR count). The molecule has 8 nitrogen and oxygen atoms in total. The number of allylic oxidation sites excluding steroid dienone is 4. The molecule has 0 radical (unpaired) electrons. The van der Waals surface area contributed by atoms with Crippen molar-refractivity contribution in [2.24, 2.45) is 0 Å². The number of carbonyl (C=O) groups excluding carboxylic acids is 3. The van der Waals surface area contributed by atoms with Gasteiger partial charge in [0.2, 0.25) is 11.8 Å². The molecule has 0 aliphatic rings. The Morgan fingerprint density at radius 2 is 1.05 bits per heavy atom. The number of carboxylic acids is 1. The summed E-state index contributed by atoms with van der Waals surface area (Å²) in [5.41, 5.74) is 0.788. The van der Waals surface area contributed by atoms with E-state index in [0.717, 1.165) is 69.8 Å². The Balaban J connectivity index is 2.42. The predicted octanol–water partition coefficient (Wildman–Crippen LogP) is 12.3. The van der Waals surface area contributed by atoms with Crippen molar-refractivity contribution in [1.29, 1.82) is 0 Å². The number of hydrogen-bond donors (Lipinski definition) is 3. The first-order chi connectivity index (χ1) is 27.8. The molecule has 2 atom stereocenters. The monoisotopic (exact) mass is 795 g/mol. The average molecular weight is 795 g/mol. The number of unbranched alkanes of at least 4 members (excludes halogenated alkanes) is 22. The molecule has 0 aliphatic carbocycles. The molecule has 1 aromatic rings. The summed E-state index contributed by atoms with van der Waals surface area (Å²) in [6, 6.07) is 7.97. The first-order valence-electron chi connectivity index (χ1n) is 23.2. The fourth-order valence-electron chi connectivity index (χ4n) is 6.98. The first kappa shape index (κ1) is 51.6. The average Bonchev–Trinajstić information content (AvgIpc) is 3.20. The van der Waals surface area contributed by atoms with Gasteiger partial charge in [0.05, 0.1) is 13.0 Å². The van der Waals surface area contributed by atoms with Gasteiger partial charge in [-0.05, 0) is 76.2 Å². The highest BCUT2D eigenvalue weighted by molar-refractivity contribution is 5.88. The molecule has 8 heteroatoms. The molecule has 0 bridgehead atoms. The van der Waals surface area contributed by atoms with Gasteiger partial charge in [-0.3, -0.25) is 14.4 Å². The van der Waals surface area contributed by atoms with Gasteiger partial charge in [-0.25, -0.2) is 4.79 Å². The zero-order chi connectivity index (χ0) is 41.4. The van der Waals surface area contributed by atoms with E-state index in [1.54, 1.807) is 12.1 Å².